The maximum atomic E-state index is 12.8. The molecule has 28 heavy (non-hydrogen) atoms. The maximum absolute atomic E-state index is 12.8. The number of anilines is 1. The van der Waals surface area contributed by atoms with E-state index in [-0.39, 0.29) is 5.91 Å². The molecule has 0 bridgehead atoms. The molecule has 0 radical (unpaired) electrons. The van der Waals surface area contributed by atoms with E-state index in [1.165, 1.54) is 36.4 Å². The Balaban J connectivity index is 2.06. The fraction of sp³-hybridized carbons (Fsp3) is 0.650. The molecule has 1 atom stereocenters. The summed E-state index contributed by atoms with van der Waals surface area (Å²) >= 11 is 8.00. The predicted octanol–water partition coefficient (Wildman–Crippen LogP) is 4.38. The fourth-order valence-corrected chi connectivity index (χ4v) is 6.25. The minimum Gasteiger partial charge on any atom is -0.353 e. The molecule has 158 valence electrons. The summed E-state index contributed by atoms with van der Waals surface area (Å²) in [6.45, 7) is 4.18. The molecule has 1 amide bonds. The Bertz CT molecular complexity index is 765. The SMILES string of the molecule is CC[C@H](C(=O)NCCSC1CCCCC1)N(c1cc(Cl)ccc1C)S(C)(=O)=O. The molecule has 2 rings (SSSR count). The van der Waals surface area contributed by atoms with Gasteiger partial charge in [0.05, 0.1) is 11.9 Å². The largest absolute Gasteiger partial charge is 0.353 e. The molecule has 0 unspecified atom stereocenters. The average molecular weight is 447 g/mol. The van der Waals surface area contributed by atoms with E-state index in [4.69, 9.17) is 11.6 Å². The highest BCUT2D eigenvalue weighted by Crippen LogP contribution is 2.30. The topological polar surface area (TPSA) is 66.5 Å². The van der Waals surface area contributed by atoms with Crippen LogP contribution in [0.25, 0.3) is 0 Å². The van der Waals surface area contributed by atoms with Crippen LogP contribution in [0.1, 0.15) is 51.0 Å². The van der Waals surface area contributed by atoms with E-state index in [1.54, 1.807) is 18.2 Å². The molecule has 1 aliphatic rings. The summed E-state index contributed by atoms with van der Waals surface area (Å²) < 4.78 is 26.3. The molecule has 1 aliphatic carbocycles. The Labute approximate surface area is 178 Å². The second kappa shape index (κ2) is 10.7. The van der Waals surface area contributed by atoms with Crippen molar-refractivity contribution < 1.29 is 13.2 Å². The van der Waals surface area contributed by atoms with Crippen LogP contribution < -0.4 is 9.62 Å². The number of halogens is 1. The number of hydrogen-bond donors (Lipinski definition) is 1. The lowest BCUT2D eigenvalue weighted by atomic mass is 10.0. The number of nitrogens with one attached hydrogen (secondary N) is 1. The van der Waals surface area contributed by atoms with E-state index in [1.807, 2.05) is 25.6 Å². The first-order chi connectivity index (χ1) is 13.2. The van der Waals surface area contributed by atoms with Gasteiger partial charge in [0.15, 0.2) is 0 Å². The lowest BCUT2D eigenvalue weighted by Gasteiger charge is -2.31. The van der Waals surface area contributed by atoms with E-state index in [2.05, 4.69) is 5.32 Å². The molecule has 0 aromatic heterocycles. The van der Waals surface area contributed by atoms with Crippen LogP contribution in [0.2, 0.25) is 5.02 Å². The molecule has 1 saturated carbocycles. The number of sulfonamides is 1. The summed E-state index contributed by atoms with van der Waals surface area (Å²) in [5, 5.41) is 4.06. The highest BCUT2D eigenvalue weighted by Gasteiger charge is 2.32. The van der Waals surface area contributed by atoms with Crippen LogP contribution in [0.15, 0.2) is 18.2 Å². The molecule has 0 aliphatic heterocycles. The van der Waals surface area contributed by atoms with Crippen LogP contribution in [0.4, 0.5) is 5.69 Å². The van der Waals surface area contributed by atoms with Crippen LogP contribution in [-0.4, -0.2) is 44.2 Å². The highest BCUT2D eigenvalue weighted by atomic mass is 35.5. The van der Waals surface area contributed by atoms with Gasteiger partial charge in [-0.3, -0.25) is 9.10 Å². The molecular weight excluding hydrogens is 416 g/mol. The number of amides is 1. The molecule has 0 spiro atoms. The quantitative estimate of drug-likeness (QED) is 0.572. The van der Waals surface area contributed by atoms with Crippen LogP contribution in [-0.2, 0) is 14.8 Å². The summed E-state index contributed by atoms with van der Waals surface area (Å²) in [6.07, 6.45) is 7.94. The third kappa shape index (κ3) is 6.56. The van der Waals surface area contributed by atoms with Gasteiger partial charge in [0.25, 0.3) is 0 Å². The number of benzene rings is 1. The Kier molecular flexibility index (Phi) is 8.96. The van der Waals surface area contributed by atoms with Crippen molar-refractivity contribution in [1.82, 2.24) is 5.32 Å². The fourth-order valence-electron chi connectivity index (χ4n) is 3.60. The summed E-state index contributed by atoms with van der Waals surface area (Å²) in [7, 11) is -3.65. The van der Waals surface area contributed by atoms with Gasteiger partial charge in [0, 0.05) is 22.6 Å². The van der Waals surface area contributed by atoms with Crippen LogP contribution in [0.5, 0.6) is 0 Å². The zero-order valence-corrected chi connectivity index (χ0v) is 19.3. The monoisotopic (exact) mass is 446 g/mol. The molecule has 1 N–H and O–H groups in total. The van der Waals surface area contributed by atoms with Gasteiger partial charge in [-0.1, -0.05) is 43.9 Å². The molecule has 0 saturated heterocycles. The minimum atomic E-state index is -3.65. The maximum Gasteiger partial charge on any atom is 0.243 e. The van der Waals surface area contributed by atoms with Gasteiger partial charge in [-0.25, -0.2) is 8.42 Å². The molecular formula is C20H31ClN2O3S2. The number of aryl methyl sites for hydroxylation is 1. The average Bonchev–Trinajstić information content (AvgIpc) is 2.65. The summed E-state index contributed by atoms with van der Waals surface area (Å²) in [4.78, 5) is 12.8. The Hall–Kier alpha value is -0.920. The predicted molar refractivity (Wildman–Crippen MR) is 120 cm³/mol. The van der Waals surface area contributed by atoms with E-state index >= 15 is 0 Å². The molecule has 1 aromatic rings. The number of carbonyl (C=O) groups is 1. The second-order valence-corrected chi connectivity index (χ2v) is 11.0. The lowest BCUT2D eigenvalue weighted by molar-refractivity contribution is -0.122. The van der Waals surface area contributed by atoms with Crippen molar-refractivity contribution >= 4 is 45.0 Å². The van der Waals surface area contributed by atoms with E-state index in [0.29, 0.717) is 28.9 Å². The minimum absolute atomic E-state index is 0.267. The van der Waals surface area contributed by atoms with Gasteiger partial charge in [0.2, 0.25) is 15.9 Å². The van der Waals surface area contributed by atoms with Gasteiger partial charge >= 0.3 is 0 Å². The van der Waals surface area contributed by atoms with Crippen molar-refractivity contribution in [3.8, 4) is 0 Å². The summed E-state index contributed by atoms with van der Waals surface area (Å²) in [6, 6.07) is 4.28. The van der Waals surface area contributed by atoms with E-state index in [9.17, 15) is 13.2 Å². The van der Waals surface area contributed by atoms with E-state index < -0.39 is 16.1 Å². The Morgan fingerprint density at radius 1 is 1.32 bits per heavy atom. The van der Waals surface area contributed by atoms with Crippen molar-refractivity contribution in [3.05, 3.63) is 28.8 Å². The smallest absolute Gasteiger partial charge is 0.243 e. The first-order valence-corrected chi connectivity index (χ1v) is 13.2. The first-order valence-electron chi connectivity index (χ1n) is 9.89. The van der Waals surface area contributed by atoms with Gasteiger partial charge in [0.1, 0.15) is 6.04 Å². The van der Waals surface area contributed by atoms with Crippen molar-refractivity contribution in [2.75, 3.05) is 22.9 Å². The molecule has 1 fully saturated rings. The Morgan fingerprint density at radius 2 is 2.00 bits per heavy atom. The molecule has 8 heteroatoms. The summed E-state index contributed by atoms with van der Waals surface area (Å²) in [5.74, 6) is 0.582. The third-order valence-corrected chi connectivity index (χ3v) is 7.83. The molecule has 1 aromatic carbocycles. The van der Waals surface area contributed by atoms with Gasteiger partial charge in [-0.15, -0.1) is 0 Å². The summed E-state index contributed by atoms with van der Waals surface area (Å²) in [5.41, 5.74) is 1.21. The Morgan fingerprint density at radius 3 is 2.61 bits per heavy atom. The van der Waals surface area contributed by atoms with Crippen molar-refractivity contribution in [2.45, 2.75) is 63.7 Å². The lowest BCUT2D eigenvalue weighted by Crippen LogP contribution is -2.50. The van der Waals surface area contributed by atoms with Gasteiger partial charge in [-0.05, 0) is 43.9 Å². The normalized spacial score (nSPS) is 16.6. The second-order valence-electron chi connectivity index (χ2n) is 7.34. The standard InChI is InChI=1S/C20H31ClN2O3S2/c1-4-18(20(24)22-12-13-27-17-8-6-5-7-9-17)23(28(3,25)26)19-14-16(21)11-10-15(19)2/h10-11,14,17-18H,4-9,12-13H2,1-3H3,(H,22,24)/t18-/m1/s1. The highest BCUT2D eigenvalue weighted by molar-refractivity contribution is 7.99. The number of thioether (sulfide) groups is 1. The van der Waals surface area contributed by atoms with E-state index in [0.717, 1.165) is 17.6 Å². The zero-order valence-electron chi connectivity index (χ0n) is 16.9. The van der Waals surface area contributed by atoms with Gasteiger partial charge < -0.3 is 5.32 Å². The van der Waals surface area contributed by atoms with Crippen molar-refractivity contribution in [3.63, 3.8) is 0 Å². The van der Waals surface area contributed by atoms with Crippen LogP contribution in [0.3, 0.4) is 0 Å². The van der Waals surface area contributed by atoms with Crippen molar-refractivity contribution in [1.29, 1.82) is 0 Å². The van der Waals surface area contributed by atoms with Crippen LogP contribution >= 0.6 is 23.4 Å². The number of rotatable bonds is 9. The number of hydrogen-bond acceptors (Lipinski definition) is 4. The third-order valence-electron chi connectivity index (χ3n) is 5.05. The van der Waals surface area contributed by atoms with Crippen molar-refractivity contribution in [2.24, 2.45) is 0 Å². The zero-order chi connectivity index (χ0) is 20.7. The van der Waals surface area contributed by atoms with Crippen LogP contribution in [0, 0.1) is 6.92 Å². The first kappa shape index (κ1) is 23.4. The van der Waals surface area contributed by atoms with Gasteiger partial charge in [-0.2, -0.15) is 11.8 Å². The molecule has 0 heterocycles. The number of carbonyl (C=O) groups excluding carboxylic acids is 1. The number of nitrogens with zero attached hydrogens (tertiary/aromatic N) is 1. The molecule has 5 nitrogen and oxygen atoms in total.